The third-order valence-corrected chi connectivity index (χ3v) is 1.30. The van der Waals surface area contributed by atoms with Gasteiger partial charge in [-0.1, -0.05) is 0 Å². The Labute approximate surface area is 86.7 Å². The summed E-state index contributed by atoms with van der Waals surface area (Å²) in [5.41, 5.74) is 18.0. The lowest BCUT2D eigenvalue weighted by Crippen LogP contribution is -2.02. The predicted octanol–water partition coefficient (Wildman–Crippen LogP) is -0.516. The molecule has 1 heterocycles. The lowest BCUT2D eigenvalue weighted by molar-refractivity contribution is 0.381. The average molecular weight is 236 g/mol. The molecule has 0 amide bonds. The molecule has 0 unspecified atom stereocenters. The van der Waals surface area contributed by atoms with E-state index in [1.165, 1.54) is 0 Å². The van der Waals surface area contributed by atoms with Gasteiger partial charge in [0.25, 0.3) is 0 Å². The highest BCUT2D eigenvalue weighted by Crippen LogP contribution is 2.18. The van der Waals surface area contributed by atoms with E-state index >= 15 is 0 Å². The van der Waals surface area contributed by atoms with Crippen molar-refractivity contribution in [2.24, 2.45) is 0 Å². The van der Waals surface area contributed by atoms with E-state index in [0.717, 1.165) is 0 Å². The molecule has 0 atom stereocenters. The van der Waals surface area contributed by atoms with Gasteiger partial charge in [-0.15, -0.1) is 0 Å². The quantitative estimate of drug-likeness (QED) is 0.375. The molecule has 0 aliphatic heterocycles. The van der Waals surface area contributed by atoms with Crippen molar-refractivity contribution in [3.05, 3.63) is 11.8 Å². The third-order valence-electron chi connectivity index (χ3n) is 1.30. The van der Waals surface area contributed by atoms with Crippen LogP contribution in [0.4, 0.5) is 17.2 Å². The van der Waals surface area contributed by atoms with Crippen LogP contribution in [-0.2, 0) is 10.4 Å². The van der Waals surface area contributed by atoms with Crippen molar-refractivity contribution in [2.45, 2.75) is 6.92 Å². The molecule has 0 fully saturated rings. The number of aryl methyl sites for hydroxylation is 1. The number of hydrogen-bond acceptors (Lipinski definition) is 6. The summed E-state index contributed by atoms with van der Waals surface area (Å²) in [6.45, 7) is 1.77. The van der Waals surface area contributed by atoms with Gasteiger partial charge < -0.3 is 17.2 Å². The van der Waals surface area contributed by atoms with Crippen LogP contribution in [0, 0.1) is 6.92 Å². The van der Waals surface area contributed by atoms with Crippen LogP contribution in [0.3, 0.4) is 0 Å². The molecule has 0 radical (unpaired) electrons. The van der Waals surface area contributed by atoms with Crippen molar-refractivity contribution in [3.8, 4) is 0 Å². The van der Waals surface area contributed by atoms with Crippen LogP contribution in [0.1, 0.15) is 5.69 Å². The molecule has 0 spiro atoms. The van der Waals surface area contributed by atoms with Crippen molar-refractivity contribution in [2.75, 3.05) is 17.2 Å². The zero-order valence-electron chi connectivity index (χ0n) is 7.88. The second kappa shape index (κ2) is 4.77. The molecule has 0 saturated carbocycles. The zero-order chi connectivity index (χ0) is 12.2. The first-order valence-electron chi connectivity index (χ1n) is 3.59. The minimum Gasteiger partial charge on any atom is -0.397 e. The van der Waals surface area contributed by atoms with Crippen LogP contribution < -0.4 is 17.2 Å². The monoisotopic (exact) mass is 236 g/mol. The summed E-state index contributed by atoms with van der Waals surface area (Å²) in [4.78, 5) is 3.91. The molecule has 0 saturated heterocycles. The van der Waals surface area contributed by atoms with Crippen molar-refractivity contribution in [1.29, 1.82) is 0 Å². The molecule has 0 aliphatic rings. The summed E-state index contributed by atoms with van der Waals surface area (Å²) in [5, 5.41) is 0. The van der Waals surface area contributed by atoms with Crippen LogP contribution >= 0.6 is 0 Å². The normalized spacial score (nSPS) is 10.3. The number of anilines is 3. The lowest BCUT2D eigenvalue weighted by atomic mass is 10.3. The van der Waals surface area contributed by atoms with E-state index in [0.29, 0.717) is 22.9 Å². The lowest BCUT2D eigenvalue weighted by Gasteiger charge is -2.03. The van der Waals surface area contributed by atoms with E-state index in [1.807, 2.05) is 0 Å². The SMILES string of the molecule is Cc1nc(N)cc(N)c1N.O=S(=O)(O)O. The Morgan fingerprint density at radius 3 is 2.00 bits per heavy atom. The van der Waals surface area contributed by atoms with Gasteiger partial charge in [-0.25, -0.2) is 4.98 Å². The van der Waals surface area contributed by atoms with Crippen LogP contribution in [-0.4, -0.2) is 22.5 Å². The van der Waals surface area contributed by atoms with E-state index in [1.54, 1.807) is 13.0 Å². The molecule has 1 aromatic rings. The molecular formula is C6H12N4O4S. The summed E-state index contributed by atoms with van der Waals surface area (Å²) in [5.74, 6) is 0.407. The highest BCUT2D eigenvalue weighted by Gasteiger charge is 1.99. The standard InChI is InChI=1S/C6H10N4.H2O4S/c1-3-6(9)4(7)2-5(8)10-3;1-5(2,3)4/h2H,9H2,1H3,(H4,7,8,10);(H2,1,2,3,4). The first kappa shape index (κ1) is 13.4. The Morgan fingerprint density at radius 2 is 1.67 bits per heavy atom. The number of nitrogen functional groups attached to an aromatic ring is 3. The smallest absolute Gasteiger partial charge is 0.394 e. The maximum Gasteiger partial charge on any atom is 0.394 e. The predicted molar refractivity (Wildman–Crippen MR) is 56.4 cm³/mol. The van der Waals surface area contributed by atoms with Gasteiger partial charge in [0.05, 0.1) is 17.1 Å². The van der Waals surface area contributed by atoms with Crippen molar-refractivity contribution >= 4 is 27.6 Å². The number of pyridine rings is 1. The highest BCUT2D eigenvalue weighted by molar-refractivity contribution is 7.79. The molecule has 0 aliphatic carbocycles. The fourth-order valence-electron chi connectivity index (χ4n) is 0.732. The van der Waals surface area contributed by atoms with Gasteiger partial charge in [0, 0.05) is 6.07 Å². The average Bonchev–Trinajstić information content (AvgIpc) is 1.96. The third kappa shape index (κ3) is 6.49. The molecule has 1 rings (SSSR count). The van der Waals surface area contributed by atoms with Crippen molar-refractivity contribution in [1.82, 2.24) is 4.98 Å². The number of hydrogen-bond donors (Lipinski definition) is 5. The summed E-state index contributed by atoms with van der Waals surface area (Å²) in [6, 6.07) is 1.54. The molecule has 1 aromatic heterocycles. The first-order chi connectivity index (χ1) is 6.61. The van der Waals surface area contributed by atoms with Gasteiger partial charge in [-0.05, 0) is 6.92 Å². The molecule has 86 valence electrons. The van der Waals surface area contributed by atoms with Gasteiger partial charge in [-0.3, -0.25) is 9.11 Å². The fraction of sp³-hybridized carbons (Fsp3) is 0.167. The van der Waals surface area contributed by atoms with Crippen LogP contribution in [0.15, 0.2) is 6.07 Å². The maximum absolute atomic E-state index is 8.74. The van der Waals surface area contributed by atoms with Gasteiger partial charge in [-0.2, -0.15) is 8.42 Å². The second-order valence-corrected chi connectivity index (χ2v) is 3.48. The highest BCUT2D eigenvalue weighted by atomic mass is 32.3. The summed E-state index contributed by atoms with van der Waals surface area (Å²) in [6.07, 6.45) is 0. The molecular weight excluding hydrogens is 224 g/mol. The Morgan fingerprint density at radius 1 is 1.27 bits per heavy atom. The van der Waals surface area contributed by atoms with Gasteiger partial charge in [0.2, 0.25) is 0 Å². The Kier molecular flexibility index (Phi) is 4.27. The number of aromatic nitrogens is 1. The summed E-state index contributed by atoms with van der Waals surface area (Å²) in [7, 11) is -4.67. The molecule has 8 nitrogen and oxygen atoms in total. The molecule has 15 heavy (non-hydrogen) atoms. The van der Waals surface area contributed by atoms with Gasteiger partial charge in [0.1, 0.15) is 5.82 Å². The van der Waals surface area contributed by atoms with Gasteiger partial charge in [0.15, 0.2) is 0 Å². The van der Waals surface area contributed by atoms with E-state index in [2.05, 4.69) is 4.98 Å². The molecule has 9 heteroatoms. The summed E-state index contributed by atoms with van der Waals surface area (Å²) >= 11 is 0. The fourth-order valence-corrected chi connectivity index (χ4v) is 0.732. The Hall–Kier alpha value is -1.58. The first-order valence-corrected chi connectivity index (χ1v) is 4.99. The largest absolute Gasteiger partial charge is 0.397 e. The maximum atomic E-state index is 8.74. The van der Waals surface area contributed by atoms with Crippen LogP contribution in [0.25, 0.3) is 0 Å². The Balaban J connectivity index is 0.000000336. The van der Waals surface area contributed by atoms with E-state index in [4.69, 9.17) is 34.7 Å². The minimum atomic E-state index is -4.67. The zero-order valence-corrected chi connectivity index (χ0v) is 8.69. The van der Waals surface area contributed by atoms with Crippen molar-refractivity contribution < 1.29 is 17.5 Å². The minimum absolute atomic E-state index is 0.407. The van der Waals surface area contributed by atoms with Crippen molar-refractivity contribution in [3.63, 3.8) is 0 Å². The van der Waals surface area contributed by atoms with E-state index in [9.17, 15) is 0 Å². The van der Waals surface area contributed by atoms with E-state index < -0.39 is 10.4 Å². The number of rotatable bonds is 0. The molecule has 0 bridgehead atoms. The van der Waals surface area contributed by atoms with Gasteiger partial charge >= 0.3 is 10.4 Å². The molecule has 0 aromatic carbocycles. The topological polar surface area (TPSA) is 166 Å². The van der Waals surface area contributed by atoms with Crippen LogP contribution in [0.5, 0.6) is 0 Å². The van der Waals surface area contributed by atoms with E-state index in [-0.39, 0.29) is 0 Å². The summed E-state index contributed by atoms with van der Waals surface area (Å²) < 4.78 is 31.6. The number of nitrogens with two attached hydrogens (primary N) is 3. The van der Waals surface area contributed by atoms with Crippen LogP contribution in [0.2, 0.25) is 0 Å². The second-order valence-electron chi connectivity index (χ2n) is 2.58. The molecule has 8 N–H and O–H groups in total. The Bertz CT molecular complexity index is 413. The number of nitrogens with zero attached hydrogens (tertiary/aromatic N) is 1.